The van der Waals surface area contributed by atoms with Crippen LogP contribution < -0.4 is 15.4 Å². The quantitative estimate of drug-likeness (QED) is 0.517. The Morgan fingerprint density at radius 2 is 1.78 bits per heavy atom. The van der Waals surface area contributed by atoms with Crippen LogP contribution in [0.5, 0.6) is 5.75 Å². The van der Waals surface area contributed by atoms with Gasteiger partial charge in [-0.05, 0) is 43.3 Å². The molecular weight excluding hydrogens is 386 g/mol. The molecule has 0 bridgehead atoms. The number of benzene rings is 2. The maximum Gasteiger partial charge on any atom is 0.191 e. The van der Waals surface area contributed by atoms with Crippen LogP contribution >= 0.6 is 11.6 Å². The molecule has 0 heterocycles. The molecule has 1 unspecified atom stereocenters. The van der Waals surface area contributed by atoms with E-state index in [4.69, 9.17) is 16.3 Å². The molecule has 2 aromatic rings. The van der Waals surface area contributed by atoms with E-state index in [2.05, 4.69) is 15.6 Å². The van der Waals surface area contributed by atoms with E-state index in [1.54, 1.807) is 61.6 Å². The number of halogens is 1. The molecule has 0 aliphatic carbocycles. The topological polar surface area (TPSA) is 79.8 Å². The second-order valence-corrected chi connectivity index (χ2v) is 8.44. The maximum atomic E-state index is 12.3. The molecule has 2 aromatic carbocycles. The fourth-order valence-corrected chi connectivity index (χ4v) is 3.60. The van der Waals surface area contributed by atoms with Gasteiger partial charge in [0.15, 0.2) is 15.8 Å². The summed E-state index contributed by atoms with van der Waals surface area (Å²) >= 11 is 5.85. The molecule has 0 radical (unpaired) electrons. The highest BCUT2D eigenvalue weighted by Gasteiger charge is 2.13. The number of guanidine groups is 1. The van der Waals surface area contributed by atoms with Gasteiger partial charge in [0, 0.05) is 18.6 Å². The van der Waals surface area contributed by atoms with E-state index in [0.29, 0.717) is 22.4 Å². The summed E-state index contributed by atoms with van der Waals surface area (Å²) in [6.07, 6.45) is -0.113. The fourth-order valence-electron chi connectivity index (χ4n) is 2.30. The van der Waals surface area contributed by atoms with Crippen molar-refractivity contribution >= 4 is 27.4 Å². The van der Waals surface area contributed by atoms with E-state index in [1.807, 2.05) is 6.92 Å². The summed E-state index contributed by atoms with van der Waals surface area (Å²) in [5.41, 5.74) is 0. The van der Waals surface area contributed by atoms with Gasteiger partial charge in [-0.25, -0.2) is 8.42 Å². The van der Waals surface area contributed by atoms with Gasteiger partial charge in [-0.2, -0.15) is 0 Å². The van der Waals surface area contributed by atoms with Crippen molar-refractivity contribution in [3.8, 4) is 5.75 Å². The molecule has 0 saturated carbocycles. The highest BCUT2D eigenvalue weighted by atomic mass is 35.5. The van der Waals surface area contributed by atoms with Crippen LogP contribution in [0, 0.1) is 0 Å². The van der Waals surface area contributed by atoms with Crippen LogP contribution in [0.4, 0.5) is 0 Å². The van der Waals surface area contributed by atoms with Crippen molar-refractivity contribution in [3.05, 3.63) is 59.6 Å². The summed E-state index contributed by atoms with van der Waals surface area (Å²) in [6.45, 7) is 2.69. The third-order valence-electron chi connectivity index (χ3n) is 3.70. The zero-order chi connectivity index (χ0) is 19.7. The van der Waals surface area contributed by atoms with Crippen LogP contribution in [-0.2, 0) is 9.84 Å². The summed E-state index contributed by atoms with van der Waals surface area (Å²) in [5.74, 6) is 1.23. The zero-order valence-corrected chi connectivity index (χ0v) is 16.9. The van der Waals surface area contributed by atoms with Crippen LogP contribution in [0.3, 0.4) is 0 Å². The minimum Gasteiger partial charge on any atom is -0.489 e. The lowest BCUT2D eigenvalue weighted by molar-refractivity contribution is 0.224. The number of ether oxygens (including phenoxy) is 1. The number of hydrogen-bond donors (Lipinski definition) is 2. The second kappa shape index (κ2) is 10.2. The summed E-state index contributed by atoms with van der Waals surface area (Å²) in [5, 5.41) is 6.78. The van der Waals surface area contributed by atoms with Crippen LogP contribution in [0.15, 0.2) is 64.5 Å². The zero-order valence-electron chi connectivity index (χ0n) is 15.4. The highest BCUT2D eigenvalue weighted by molar-refractivity contribution is 7.91. The number of nitrogens with zero attached hydrogens (tertiary/aromatic N) is 1. The molecule has 146 valence electrons. The Labute approximate surface area is 165 Å². The average Bonchev–Trinajstić information content (AvgIpc) is 2.67. The van der Waals surface area contributed by atoms with Gasteiger partial charge in [-0.3, -0.25) is 4.99 Å². The van der Waals surface area contributed by atoms with Gasteiger partial charge in [0.05, 0.1) is 17.2 Å². The second-order valence-electron chi connectivity index (χ2n) is 5.89. The number of sulfone groups is 1. The van der Waals surface area contributed by atoms with Crippen molar-refractivity contribution in [2.45, 2.75) is 17.9 Å². The van der Waals surface area contributed by atoms with E-state index >= 15 is 0 Å². The molecule has 27 heavy (non-hydrogen) atoms. The third kappa shape index (κ3) is 7.11. The minimum absolute atomic E-state index is 0.0193. The first-order chi connectivity index (χ1) is 12.9. The molecular formula is C19H24ClN3O3S. The van der Waals surface area contributed by atoms with Crippen LogP contribution in [0.2, 0.25) is 5.02 Å². The highest BCUT2D eigenvalue weighted by Crippen LogP contribution is 2.16. The van der Waals surface area contributed by atoms with E-state index in [9.17, 15) is 8.42 Å². The van der Waals surface area contributed by atoms with Gasteiger partial charge >= 0.3 is 0 Å². The molecule has 0 fully saturated rings. The van der Waals surface area contributed by atoms with Crippen molar-refractivity contribution in [3.63, 3.8) is 0 Å². The lowest BCUT2D eigenvalue weighted by Crippen LogP contribution is -2.43. The SMILES string of the molecule is CN=C(NCCS(=O)(=O)c1ccccc1)NCC(C)Oc1ccc(Cl)cc1. The predicted molar refractivity (Wildman–Crippen MR) is 109 cm³/mol. The normalized spacial score (nSPS) is 13.1. The summed E-state index contributed by atoms with van der Waals surface area (Å²) < 4.78 is 30.3. The monoisotopic (exact) mass is 409 g/mol. The molecule has 0 aliphatic rings. The molecule has 0 spiro atoms. The lowest BCUT2D eigenvalue weighted by Gasteiger charge is -2.18. The van der Waals surface area contributed by atoms with Gasteiger partial charge in [0.25, 0.3) is 0 Å². The molecule has 0 aromatic heterocycles. The first-order valence-corrected chi connectivity index (χ1v) is 10.6. The van der Waals surface area contributed by atoms with Crippen molar-refractivity contribution in [1.29, 1.82) is 0 Å². The van der Waals surface area contributed by atoms with Gasteiger partial charge in [0.2, 0.25) is 0 Å². The van der Waals surface area contributed by atoms with Crippen molar-refractivity contribution in [2.75, 3.05) is 25.9 Å². The number of nitrogens with one attached hydrogen (secondary N) is 2. The average molecular weight is 410 g/mol. The van der Waals surface area contributed by atoms with Gasteiger partial charge in [-0.1, -0.05) is 29.8 Å². The Morgan fingerprint density at radius 3 is 2.41 bits per heavy atom. The van der Waals surface area contributed by atoms with E-state index in [0.717, 1.165) is 5.75 Å². The molecule has 1 atom stereocenters. The first kappa shape index (κ1) is 21.1. The van der Waals surface area contributed by atoms with Crippen molar-refractivity contribution < 1.29 is 13.2 Å². The number of rotatable bonds is 8. The largest absolute Gasteiger partial charge is 0.489 e. The van der Waals surface area contributed by atoms with E-state index < -0.39 is 9.84 Å². The van der Waals surface area contributed by atoms with E-state index in [1.165, 1.54) is 0 Å². The van der Waals surface area contributed by atoms with Gasteiger partial charge in [0.1, 0.15) is 11.9 Å². The molecule has 6 nitrogen and oxygen atoms in total. The fraction of sp³-hybridized carbons (Fsp3) is 0.316. The summed E-state index contributed by atoms with van der Waals surface area (Å²) in [7, 11) is -1.69. The third-order valence-corrected chi connectivity index (χ3v) is 5.68. The Bertz CT molecular complexity index is 840. The van der Waals surface area contributed by atoms with Crippen molar-refractivity contribution in [1.82, 2.24) is 10.6 Å². The summed E-state index contributed by atoms with van der Waals surface area (Å²) in [4.78, 5) is 4.42. The number of aliphatic imine (C=N–C) groups is 1. The number of hydrogen-bond acceptors (Lipinski definition) is 4. The van der Waals surface area contributed by atoms with E-state index in [-0.39, 0.29) is 18.4 Å². The Morgan fingerprint density at radius 1 is 1.11 bits per heavy atom. The van der Waals surface area contributed by atoms with Crippen molar-refractivity contribution in [2.24, 2.45) is 4.99 Å². The predicted octanol–water partition coefficient (Wildman–Crippen LogP) is 2.75. The molecule has 8 heteroatoms. The van der Waals surface area contributed by atoms with Gasteiger partial charge in [-0.15, -0.1) is 0 Å². The Hall–Kier alpha value is -2.25. The molecule has 2 N–H and O–H groups in total. The molecule has 0 aliphatic heterocycles. The molecule has 0 amide bonds. The smallest absolute Gasteiger partial charge is 0.191 e. The minimum atomic E-state index is -3.32. The standard InChI is InChI=1S/C19H24ClN3O3S/c1-15(26-17-10-8-16(20)9-11-17)14-23-19(21-2)22-12-13-27(24,25)18-6-4-3-5-7-18/h3-11,15H,12-14H2,1-2H3,(H2,21,22,23). The maximum absolute atomic E-state index is 12.3. The summed E-state index contributed by atoms with van der Waals surface area (Å²) in [6, 6.07) is 15.6. The van der Waals surface area contributed by atoms with Crippen LogP contribution in [-0.4, -0.2) is 46.4 Å². The van der Waals surface area contributed by atoms with Gasteiger partial charge < -0.3 is 15.4 Å². The lowest BCUT2D eigenvalue weighted by atomic mass is 10.3. The van der Waals surface area contributed by atoms with Crippen LogP contribution in [0.1, 0.15) is 6.92 Å². The molecule has 0 saturated heterocycles. The first-order valence-electron chi connectivity index (χ1n) is 8.55. The Kier molecular flexibility index (Phi) is 7.94. The van der Waals surface area contributed by atoms with Crippen LogP contribution in [0.25, 0.3) is 0 Å². The Balaban J connectivity index is 1.76. The molecule has 2 rings (SSSR count).